The third-order valence-electron chi connectivity index (χ3n) is 2.65. The quantitative estimate of drug-likeness (QED) is 0.855. The Morgan fingerprint density at radius 3 is 2.72 bits per heavy atom. The number of ether oxygens (including phenoxy) is 1. The molecule has 0 aliphatic carbocycles. The summed E-state index contributed by atoms with van der Waals surface area (Å²) >= 11 is 4.89. The topological polar surface area (TPSA) is 66.0 Å². The largest absolute Gasteiger partial charge is 0.453 e. The van der Waals surface area contributed by atoms with Crippen LogP contribution in [0, 0.1) is 13.8 Å². The van der Waals surface area contributed by atoms with Crippen LogP contribution < -0.4 is 10.5 Å². The number of nitrogens with two attached hydrogens (primary N) is 1. The highest BCUT2D eigenvalue weighted by molar-refractivity contribution is 7.80. The van der Waals surface area contributed by atoms with E-state index in [9.17, 15) is 0 Å². The molecule has 2 aromatic rings. The number of aryl methyl sites for hydroxylation is 2. The van der Waals surface area contributed by atoms with Gasteiger partial charge in [-0.1, -0.05) is 12.2 Å². The lowest BCUT2D eigenvalue weighted by atomic mass is 10.3. The van der Waals surface area contributed by atoms with Gasteiger partial charge in [0.05, 0.1) is 5.69 Å². The second kappa shape index (κ2) is 4.73. The molecule has 0 radical (unpaired) electrons. The van der Waals surface area contributed by atoms with E-state index in [2.05, 4.69) is 10.1 Å². The Morgan fingerprint density at radius 1 is 1.44 bits per heavy atom. The summed E-state index contributed by atoms with van der Waals surface area (Å²) in [6.45, 7) is 3.85. The van der Waals surface area contributed by atoms with Crippen LogP contribution in [0.3, 0.4) is 0 Å². The lowest BCUT2D eigenvalue weighted by Crippen LogP contribution is -2.11. The van der Waals surface area contributed by atoms with Crippen LogP contribution >= 0.6 is 12.2 Å². The molecule has 0 spiro atoms. The highest BCUT2D eigenvalue weighted by Crippen LogP contribution is 2.27. The molecule has 0 saturated heterocycles. The van der Waals surface area contributed by atoms with E-state index in [4.69, 9.17) is 22.7 Å². The molecule has 0 aromatic carbocycles. The zero-order chi connectivity index (χ0) is 13.3. The van der Waals surface area contributed by atoms with Gasteiger partial charge in [-0.3, -0.25) is 9.67 Å². The van der Waals surface area contributed by atoms with Crippen molar-refractivity contribution in [2.45, 2.75) is 13.8 Å². The number of pyridine rings is 1. The second-order valence-electron chi connectivity index (χ2n) is 3.97. The average molecular weight is 262 g/mol. The Hall–Kier alpha value is -1.95. The van der Waals surface area contributed by atoms with Crippen molar-refractivity contribution in [2.75, 3.05) is 0 Å². The molecule has 0 aliphatic rings. The third kappa shape index (κ3) is 2.33. The summed E-state index contributed by atoms with van der Waals surface area (Å²) in [7, 11) is 1.88. The number of hydrogen-bond acceptors (Lipinski definition) is 4. The van der Waals surface area contributed by atoms with Crippen LogP contribution in [0.15, 0.2) is 18.3 Å². The predicted octanol–water partition coefficient (Wildman–Crippen LogP) is 1.86. The van der Waals surface area contributed by atoms with Crippen molar-refractivity contribution in [1.29, 1.82) is 0 Å². The summed E-state index contributed by atoms with van der Waals surface area (Å²) in [6, 6.07) is 3.47. The smallest absolute Gasteiger partial charge is 0.171 e. The minimum Gasteiger partial charge on any atom is -0.453 e. The fourth-order valence-corrected chi connectivity index (χ4v) is 1.74. The fraction of sp³-hybridized carbons (Fsp3) is 0.250. The lowest BCUT2D eigenvalue weighted by molar-refractivity contribution is 0.473. The van der Waals surface area contributed by atoms with Gasteiger partial charge < -0.3 is 10.5 Å². The molecule has 94 valence electrons. The van der Waals surface area contributed by atoms with Crippen LogP contribution in [-0.4, -0.2) is 19.8 Å². The zero-order valence-corrected chi connectivity index (χ0v) is 11.3. The molecule has 2 N–H and O–H groups in total. The number of hydrogen-bond donors (Lipinski definition) is 1. The van der Waals surface area contributed by atoms with E-state index in [0.29, 0.717) is 11.4 Å². The van der Waals surface area contributed by atoms with E-state index in [1.54, 1.807) is 23.0 Å². The molecule has 0 fully saturated rings. The van der Waals surface area contributed by atoms with Crippen LogP contribution in [-0.2, 0) is 7.05 Å². The maximum atomic E-state index is 5.81. The van der Waals surface area contributed by atoms with Gasteiger partial charge in [0.2, 0.25) is 0 Å². The summed E-state index contributed by atoms with van der Waals surface area (Å²) in [5.74, 6) is 1.39. The lowest BCUT2D eigenvalue weighted by Gasteiger charge is -2.07. The molecule has 6 heteroatoms. The van der Waals surface area contributed by atoms with Crippen LogP contribution in [0.4, 0.5) is 0 Å². The Morgan fingerprint density at radius 2 is 2.17 bits per heavy atom. The molecule has 0 unspecified atom stereocenters. The molecule has 2 aromatic heterocycles. The Balaban J connectivity index is 2.34. The van der Waals surface area contributed by atoms with Crippen LogP contribution in [0.2, 0.25) is 0 Å². The van der Waals surface area contributed by atoms with Gasteiger partial charge in [-0.25, -0.2) is 0 Å². The molecule has 2 heterocycles. The van der Waals surface area contributed by atoms with Crippen molar-refractivity contribution in [3.63, 3.8) is 0 Å². The van der Waals surface area contributed by atoms with Crippen molar-refractivity contribution < 1.29 is 4.74 Å². The molecule has 0 bridgehead atoms. The van der Waals surface area contributed by atoms with Crippen LogP contribution in [0.1, 0.15) is 17.1 Å². The standard InChI is InChI=1S/C12H14N4OS/c1-7-11(8(2)16(3)15-7)17-9-4-5-14-10(6-9)12(13)18/h4-6H,1-3H3,(H2,13,18). The van der Waals surface area contributed by atoms with Gasteiger partial charge in [0.25, 0.3) is 0 Å². The fourth-order valence-electron chi connectivity index (χ4n) is 1.63. The van der Waals surface area contributed by atoms with E-state index in [1.807, 2.05) is 20.9 Å². The second-order valence-corrected chi connectivity index (χ2v) is 4.41. The van der Waals surface area contributed by atoms with E-state index in [0.717, 1.165) is 17.1 Å². The summed E-state index contributed by atoms with van der Waals surface area (Å²) in [6.07, 6.45) is 1.62. The summed E-state index contributed by atoms with van der Waals surface area (Å²) in [4.78, 5) is 4.31. The Bertz CT molecular complexity index is 606. The van der Waals surface area contributed by atoms with Crippen LogP contribution in [0.25, 0.3) is 0 Å². The maximum Gasteiger partial charge on any atom is 0.171 e. The van der Waals surface area contributed by atoms with Crippen molar-refractivity contribution in [3.05, 3.63) is 35.4 Å². The molecular weight excluding hydrogens is 248 g/mol. The van der Waals surface area contributed by atoms with Gasteiger partial charge in [-0.05, 0) is 19.9 Å². The van der Waals surface area contributed by atoms with E-state index < -0.39 is 0 Å². The highest BCUT2D eigenvalue weighted by Gasteiger charge is 2.12. The Kier molecular flexibility index (Phi) is 3.29. The predicted molar refractivity (Wildman–Crippen MR) is 72.9 cm³/mol. The van der Waals surface area contributed by atoms with Gasteiger partial charge in [0.1, 0.15) is 22.1 Å². The van der Waals surface area contributed by atoms with Crippen molar-refractivity contribution in [1.82, 2.24) is 14.8 Å². The number of rotatable bonds is 3. The first-order valence-electron chi connectivity index (χ1n) is 5.43. The molecule has 0 saturated carbocycles. The van der Waals surface area contributed by atoms with Gasteiger partial charge in [0, 0.05) is 19.3 Å². The molecule has 0 atom stereocenters. The van der Waals surface area contributed by atoms with Gasteiger partial charge in [-0.2, -0.15) is 5.10 Å². The third-order valence-corrected chi connectivity index (χ3v) is 2.86. The maximum absolute atomic E-state index is 5.81. The van der Waals surface area contributed by atoms with Crippen molar-refractivity contribution in [2.24, 2.45) is 12.8 Å². The summed E-state index contributed by atoms with van der Waals surface area (Å²) < 4.78 is 7.59. The van der Waals surface area contributed by atoms with E-state index >= 15 is 0 Å². The van der Waals surface area contributed by atoms with Gasteiger partial charge in [0.15, 0.2) is 5.75 Å². The van der Waals surface area contributed by atoms with Crippen molar-refractivity contribution in [3.8, 4) is 11.5 Å². The van der Waals surface area contributed by atoms with E-state index in [-0.39, 0.29) is 4.99 Å². The number of aromatic nitrogens is 3. The Labute approximate surface area is 111 Å². The zero-order valence-electron chi connectivity index (χ0n) is 10.5. The van der Waals surface area contributed by atoms with Gasteiger partial charge >= 0.3 is 0 Å². The summed E-state index contributed by atoms with van der Waals surface area (Å²) in [5.41, 5.74) is 7.88. The van der Waals surface area contributed by atoms with E-state index in [1.165, 1.54) is 0 Å². The van der Waals surface area contributed by atoms with Gasteiger partial charge in [-0.15, -0.1) is 0 Å². The normalized spacial score (nSPS) is 10.4. The SMILES string of the molecule is Cc1nn(C)c(C)c1Oc1ccnc(C(N)=S)c1. The monoisotopic (exact) mass is 262 g/mol. The van der Waals surface area contributed by atoms with Crippen molar-refractivity contribution >= 4 is 17.2 Å². The number of thiocarbonyl (C=S) groups is 1. The molecule has 0 amide bonds. The first-order chi connectivity index (χ1) is 8.49. The molecular formula is C12H14N4OS. The first kappa shape index (κ1) is 12.5. The first-order valence-corrected chi connectivity index (χ1v) is 5.83. The van der Waals surface area contributed by atoms with Crippen LogP contribution in [0.5, 0.6) is 11.5 Å². The molecule has 0 aliphatic heterocycles. The molecule has 2 rings (SSSR count). The highest BCUT2D eigenvalue weighted by atomic mass is 32.1. The molecule has 18 heavy (non-hydrogen) atoms. The molecule has 5 nitrogen and oxygen atoms in total. The minimum absolute atomic E-state index is 0.250. The minimum atomic E-state index is 0.250. The summed E-state index contributed by atoms with van der Waals surface area (Å²) in [5, 5.41) is 4.29. The average Bonchev–Trinajstić information content (AvgIpc) is 2.56. The number of nitrogens with zero attached hydrogens (tertiary/aromatic N) is 3.